The highest BCUT2D eigenvalue weighted by atomic mass is 35.5. The second-order valence-corrected chi connectivity index (χ2v) is 24.5. The smallest absolute Gasteiger partial charge is 0.246 e. The molecule has 3 aliphatic carbocycles. The van der Waals surface area contributed by atoms with E-state index in [2.05, 4.69) is 42.5 Å². The van der Waals surface area contributed by atoms with Crippen molar-refractivity contribution in [3.63, 3.8) is 0 Å². The Balaban J connectivity index is 0.00000722. The molecule has 3 unspecified atom stereocenters. The van der Waals surface area contributed by atoms with Crippen molar-refractivity contribution in [3.8, 4) is 0 Å². The Morgan fingerprint density at radius 2 is 0.784 bits per heavy atom. The molecule has 0 aromatic carbocycles. The summed E-state index contributed by atoms with van der Waals surface area (Å²) in [6.45, 7) is 18.9. The van der Waals surface area contributed by atoms with Crippen molar-refractivity contribution >= 4 is 72.1 Å². The molecule has 0 spiro atoms. The van der Waals surface area contributed by atoms with Gasteiger partial charge < -0.3 is 52.3 Å². The van der Waals surface area contributed by atoms with Crippen molar-refractivity contribution in [2.24, 2.45) is 34.5 Å². The van der Waals surface area contributed by atoms with E-state index < -0.39 is 71.0 Å². The molecular weight excluding hydrogens is 988 g/mol. The van der Waals surface area contributed by atoms with Gasteiger partial charge in [-0.25, -0.2) is 0 Å². The zero-order valence-corrected chi connectivity index (χ0v) is 48.4. The van der Waals surface area contributed by atoms with Crippen LogP contribution in [-0.2, 0) is 38.4 Å². The maximum atomic E-state index is 14.6. The summed E-state index contributed by atoms with van der Waals surface area (Å²) in [6, 6.07) is -5.98. The van der Waals surface area contributed by atoms with Gasteiger partial charge >= 0.3 is 0 Å². The molecular formula is C54H96Cl2N10O8. The summed E-state index contributed by atoms with van der Waals surface area (Å²) in [7, 11) is 3.34. The Bertz CT molecular complexity index is 1790. The van der Waals surface area contributed by atoms with E-state index in [1.54, 1.807) is 27.9 Å². The number of likely N-dealkylation sites (tertiary alicyclic amines) is 2. The van der Waals surface area contributed by atoms with Crippen molar-refractivity contribution in [2.45, 2.75) is 232 Å². The summed E-state index contributed by atoms with van der Waals surface area (Å²) in [6.07, 6.45) is 13.4. The molecule has 0 radical (unpaired) electrons. The van der Waals surface area contributed by atoms with E-state index >= 15 is 0 Å². The van der Waals surface area contributed by atoms with E-state index in [1.807, 2.05) is 55.4 Å². The van der Waals surface area contributed by atoms with Gasteiger partial charge in [-0.3, -0.25) is 38.4 Å². The zero-order valence-electron chi connectivity index (χ0n) is 46.8. The molecule has 74 heavy (non-hydrogen) atoms. The molecule has 5 rings (SSSR count). The van der Waals surface area contributed by atoms with Crippen molar-refractivity contribution in [3.05, 3.63) is 0 Å². The lowest BCUT2D eigenvalue weighted by atomic mass is 9.80. The quantitative estimate of drug-likeness (QED) is 0.0971. The number of carbonyl (C=O) groups is 8. The normalized spacial score (nSPS) is 26.3. The van der Waals surface area contributed by atoms with E-state index in [1.165, 1.54) is 22.6 Å². The van der Waals surface area contributed by atoms with E-state index in [4.69, 9.17) is 0 Å². The third-order valence-electron chi connectivity index (χ3n) is 16.8. The van der Waals surface area contributed by atoms with Gasteiger partial charge in [-0.2, -0.15) is 0 Å². The van der Waals surface area contributed by atoms with Crippen LogP contribution in [0.15, 0.2) is 0 Å². The standard InChI is InChI=1S/C54H94N10O8.2ClH/c1-31(35-20-15-13-16-21-35)57-49(69)41-27-39(29-63(41)51(71)43(53(5,6)7)61-45(65)33(3)55-11)59-47(67)37-24-19-25-38(26-37)48(68)60-40-28-42(50(70)58-32(2)36-22-17-14-18-23-36)64(30-40)52(72)44(54(8,9)10)62-46(66)34(4)56-12;;/h31-44,55-56H,13-30H2,1-12H3,(H,57,69)(H,58,70)(H,59,67)(H,60,68)(H,61,65)(H,62,66);2*1H/t31-,32-,33+,34+,37?,38?,39+,40+,41+,42?,43+,44+;;/m1../s1. The summed E-state index contributed by atoms with van der Waals surface area (Å²) < 4.78 is 0. The lowest BCUT2D eigenvalue weighted by Gasteiger charge is -2.36. The van der Waals surface area contributed by atoms with Gasteiger partial charge in [-0.15, -0.1) is 24.8 Å². The first kappa shape index (κ1) is 64.5. The lowest BCUT2D eigenvalue weighted by Crippen LogP contribution is -2.60. The molecule has 0 bridgehead atoms. The van der Waals surface area contributed by atoms with Crippen LogP contribution in [0.2, 0.25) is 0 Å². The second kappa shape index (κ2) is 28.6. The summed E-state index contributed by atoms with van der Waals surface area (Å²) >= 11 is 0. The summed E-state index contributed by atoms with van der Waals surface area (Å²) in [5.41, 5.74) is -1.39. The van der Waals surface area contributed by atoms with Crippen LogP contribution in [0.1, 0.15) is 172 Å². The average molecular weight is 1080 g/mol. The van der Waals surface area contributed by atoms with Crippen LogP contribution in [0, 0.1) is 34.5 Å². The number of nitrogens with one attached hydrogen (secondary N) is 8. The van der Waals surface area contributed by atoms with Crippen LogP contribution < -0.4 is 42.5 Å². The maximum Gasteiger partial charge on any atom is 0.246 e. The highest BCUT2D eigenvalue weighted by Gasteiger charge is 2.49. The molecule has 0 aromatic heterocycles. The predicted octanol–water partition coefficient (Wildman–Crippen LogP) is 4.26. The molecule has 2 aliphatic heterocycles. The van der Waals surface area contributed by atoms with Gasteiger partial charge in [0.2, 0.25) is 47.3 Å². The highest BCUT2D eigenvalue weighted by molar-refractivity contribution is 5.96. The van der Waals surface area contributed by atoms with Crippen molar-refractivity contribution in [2.75, 3.05) is 27.2 Å². The second-order valence-electron chi connectivity index (χ2n) is 24.5. The largest absolute Gasteiger partial charge is 0.352 e. The molecule has 20 heteroatoms. The summed E-state index contributed by atoms with van der Waals surface area (Å²) in [4.78, 5) is 116. The van der Waals surface area contributed by atoms with E-state index in [-0.39, 0.29) is 117 Å². The predicted molar refractivity (Wildman–Crippen MR) is 292 cm³/mol. The van der Waals surface area contributed by atoms with Crippen LogP contribution in [-0.4, -0.2) is 145 Å². The molecule has 424 valence electrons. The van der Waals surface area contributed by atoms with E-state index in [9.17, 15) is 38.4 Å². The number of halogens is 2. The Kier molecular flexibility index (Phi) is 24.9. The lowest BCUT2D eigenvalue weighted by molar-refractivity contribution is -0.144. The first-order chi connectivity index (χ1) is 33.8. The molecule has 18 nitrogen and oxygen atoms in total. The number of amides is 8. The fourth-order valence-electron chi connectivity index (χ4n) is 11.7. The first-order valence-electron chi connectivity index (χ1n) is 27.6. The van der Waals surface area contributed by atoms with Gasteiger partial charge in [0.15, 0.2) is 0 Å². The summed E-state index contributed by atoms with van der Waals surface area (Å²) in [5.74, 6) is -2.80. The van der Waals surface area contributed by atoms with Gasteiger partial charge in [0, 0.05) is 49.1 Å². The van der Waals surface area contributed by atoms with Crippen LogP contribution in [0.25, 0.3) is 0 Å². The Labute approximate surface area is 455 Å². The average Bonchev–Trinajstić information content (AvgIpc) is 3.98. The van der Waals surface area contributed by atoms with E-state index in [0.717, 1.165) is 51.4 Å². The molecule has 2 saturated heterocycles. The van der Waals surface area contributed by atoms with Crippen molar-refractivity contribution in [1.82, 2.24) is 52.3 Å². The van der Waals surface area contributed by atoms with E-state index in [0.29, 0.717) is 31.1 Å². The first-order valence-corrected chi connectivity index (χ1v) is 27.6. The molecule has 12 atom stereocenters. The zero-order chi connectivity index (χ0) is 53.2. The topological polar surface area (TPSA) is 239 Å². The molecule has 8 amide bonds. The van der Waals surface area contributed by atoms with Crippen LogP contribution in [0.3, 0.4) is 0 Å². The SMILES string of the molecule is CN[C@@H](C)C(=O)N[C@@H](C(=O)N1C[C@@H](NC(=O)C2CCCC(C(=O)N[C@H]3C[C@@H](C(=O)N[C@H](C)C4CCCCC4)N(C(=O)[C@H](NC(=O)[C@H](C)NC)C(C)(C)C)C3)C2)CC1C(=O)N[C@H](C)C1CCCCC1)C(C)(C)C.Cl.Cl. The minimum absolute atomic E-state index is 0. The minimum Gasteiger partial charge on any atom is -0.352 e. The number of hydrogen-bond acceptors (Lipinski definition) is 10. The van der Waals surface area contributed by atoms with Crippen LogP contribution >= 0.6 is 24.8 Å². The number of rotatable bonds is 18. The monoisotopic (exact) mass is 1080 g/mol. The Morgan fingerprint density at radius 3 is 1.09 bits per heavy atom. The fraction of sp³-hybridized carbons (Fsp3) is 0.852. The summed E-state index contributed by atoms with van der Waals surface area (Å²) in [5, 5.41) is 24.5. The van der Waals surface area contributed by atoms with Crippen LogP contribution in [0.5, 0.6) is 0 Å². The van der Waals surface area contributed by atoms with Gasteiger partial charge in [-0.05, 0) is 122 Å². The Morgan fingerprint density at radius 1 is 0.446 bits per heavy atom. The van der Waals surface area contributed by atoms with Crippen LogP contribution in [0.4, 0.5) is 0 Å². The van der Waals surface area contributed by atoms with Crippen molar-refractivity contribution < 1.29 is 38.4 Å². The molecule has 5 aliphatic rings. The van der Waals surface area contributed by atoms with Gasteiger partial charge in [-0.1, -0.05) is 86.5 Å². The maximum absolute atomic E-state index is 14.6. The number of hydrogen-bond donors (Lipinski definition) is 8. The molecule has 5 fully saturated rings. The van der Waals surface area contributed by atoms with Gasteiger partial charge in [0.1, 0.15) is 24.2 Å². The van der Waals surface area contributed by atoms with Gasteiger partial charge in [0.05, 0.1) is 12.1 Å². The Hall–Kier alpha value is -3.74. The number of carbonyl (C=O) groups excluding carboxylic acids is 8. The number of likely N-dealkylation sites (N-methyl/N-ethyl adjacent to an activating group) is 2. The molecule has 2 heterocycles. The molecule has 3 saturated carbocycles. The number of nitrogens with zero attached hydrogens (tertiary/aromatic N) is 2. The van der Waals surface area contributed by atoms with Gasteiger partial charge in [0.25, 0.3) is 0 Å². The fourth-order valence-corrected chi connectivity index (χ4v) is 11.7. The third kappa shape index (κ3) is 17.1. The molecule has 0 aromatic rings. The third-order valence-corrected chi connectivity index (χ3v) is 16.8. The highest BCUT2D eigenvalue weighted by Crippen LogP contribution is 2.34. The van der Waals surface area contributed by atoms with Crippen molar-refractivity contribution in [1.29, 1.82) is 0 Å². The minimum atomic E-state index is -0.938. The molecule has 8 N–H and O–H groups in total.